The first kappa shape index (κ1) is 16.1. The van der Waals surface area contributed by atoms with E-state index in [9.17, 15) is 4.79 Å². The predicted molar refractivity (Wildman–Crippen MR) is 77.4 cm³/mol. The Morgan fingerprint density at radius 1 is 1.50 bits per heavy atom. The van der Waals surface area contributed by atoms with E-state index in [1.807, 2.05) is 26.0 Å². The summed E-state index contributed by atoms with van der Waals surface area (Å²) in [7, 11) is 0. The molecule has 1 aromatic rings. The van der Waals surface area contributed by atoms with Crippen molar-refractivity contribution in [2.24, 2.45) is 5.73 Å². The van der Waals surface area contributed by atoms with Gasteiger partial charge in [0.2, 0.25) is 5.91 Å². The summed E-state index contributed by atoms with van der Waals surface area (Å²) < 4.78 is 0. The van der Waals surface area contributed by atoms with E-state index in [-0.39, 0.29) is 5.91 Å². The molecule has 0 radical (unpaired) electrons. The van der Waals surface area contributed by atoms with Crippen LogP contribution >= 0.6 is 0 Å². The maximum Gasteiger partial charge on any atom is 0.242 e. The van der Waals surface area contributed by atoms with E-state index in [4.69, 9.17) is 11.0 Å². The Morgan fingerprint density at radius 2 is 2.20 bits per heavy atom. The Labute approximate surface area is 120 Å². The van der Waals surface area contributed by atoms with Crippen molar-refractivity contribution in [3.63, 3.8) is 0 Å². The molecule has 0 aliphatic heterocycles. The van der Waals surface area contributed by atoms with E-state index in [2.05, 4.69) is 11.1 Å². The number of amides is 1. The second kappa shape index (κ2) is 7.61. The lowest BCUT2D eigenvalue weighted by Crippen LogP contribution is -2.54. The minimum Gasteiger partial charge on any atom is -0.336 e. The van der Waals surface area contributed by atoms with Crippen LogP contribution in [0.4, 0.5) is 0 Å². The van der Waals surface area contributed by atoms with Crippen molar-refractivity contribution in [3.05, 3.63) is 30.1 Å². The fourth-order valence-electron chi connectivity index (χ4n) is 2.02. The first-order valence-corrected chi connectivity index (χ1v) is 6.91. The number of hydrogen-bond acceptors (Lipinski definition) is 4. The van der Waals surface area contributed by atoms with Gasteiger partial charge in [0.1, 0.15) is 0 Å². The number of pyridine rings is 1. The van der Waals surface area contributed by atoms with Crippen LogP contribution in [0, 0.1) is 11.3 Å². The highest BCUT2D eigenvalue weighted by Crippen LogP contribution is 2.17. The lowest BCUT2D eigenvalue weighted by Gasteiger charge is -2.32. The van der Waals surface area contributed by atoms with Crippen LogP contribution in [-0.2, 0) is 11.3 Å². The molecule has 0 unspecified atom stereocenters. The molecule has 1 aromatic heterocycles. The standard InChI is InChI=1S/C15H22N4O/c1-3-15(17,4-2)14(20)19(10-6-8-16)12-13-7-5-9-18-11-13/h5,7,9,11H,3-4,6,10,12,17H2,1-2H3. The fourth-order valence-corrected chi connectivity index (χ4v) is 2.02. The van der Waals surface area contributed by atoms with Crippen LogP contribution in [0.15, 0.2) is 24.5 Å². The van der Waals surface area contributed by atoms with E-state index in [1.165, 1.54) is 0 Å². The Hall–Kier alpha value is -1.93. The summed E-state index contributed by atoms with van der Waals surface area (Å²) in [4.78, 5) is 18.3. The van der Waals surface area contributed by atoms with Crippen molar-refractivity contribution in [1.82, 2.24) is 9.88 Å². The molecule has 0 saturated carbocycles. The van der Waals surface area contributed by atoms with Crippen LogP contribution in [0.1, 0.15) is 38.7 Å². The monoisotopic (exact) mass is 274 g/mol. The number of carbonyl (C=O) groups excluding carboxylic acids is 1. The molecular weight excluding hydrogens is 252 g/mol. The van der Waals surface area contributed by atoms with E-state index < -0.39 is 5.54 Å². The number of aromatic nitrogens is 1. The molecule has 1 heterocycles. The van der Waals surface area contributed by atoms with Gasteiger partial charge in [0.15, 0.2) is 0 Å². The first-order valence-electron chi connectivity index (χ1n) is 6.91. The lowest BCUT2D eigenvalue weighted by atomic mass is 9.92. The molecule has 0 saturated heterocycles. The molecule has 0 spiro atoms. The van der Waals surface area contributed by atoms with E-state index >= 15 is 0 Å². The van der Waals surface area contributed by atoms with Crippen LogP contribution in [0.3, 0.4) is 0 Å². The van der Waals surface area contributed by atoms with Gasteiger partial charge in [0.05, 0.1) is 18.0 Å². The molecule has 5 heteroatoms. The van der Waals surface area contributed by atoms with Crippen LogP contribution in [0.25, 0.3) is 0 Å². The maximum absolute atomic E-state index is 12.6. The summed E-state index contributed by atoms with van der Waals surface area (Å²) in [5.74, 6) is -0.0957. The van der Waals surface area contributed by atoms with Crippen molar-refractivity contribution < 1.29 is 4.79 Å². The van der Waals surface area contributed by atoms with E-state index in [1.54, 1.807) is 17.3 Å². The molecule has 0 atom stereocenters. The second-order valence-corrected chi connectivity index (χ2v) is 4.86. The molecule has 0 aliphatic rings. The SMILES string of the molecule is CCC(N)(CC)C(=O)N(CCC#N)Cc1cccnc1. The quantitative estimate of drug-likeness (QED) is 0.822. The van der Waals surface area contributed by atoms with Crippen LogP contribution in [0.2, 0.25) is 0 Å². The van der Waals surface area contributed by atoms with Crippen molar-refractivity contribution in [1.29, 1.82) is 5.26 Å². The number of nitrogens with zero attached hydrogens (tertiary/aromatic N) is 3. The maximum atomic E-state index is 12.6. The van der Waals surface area contributed by atoms with E-state index in [0.29, 0.717) is 32.4 Å². The van der Waals surface area contributed by atoms with Gasteiger partial charge in [-0.05, 0) is 24.5 Å². The zero-order valence-corrected chi connectivity index (χ0v) is 12.2. The molecule has 1 rings (SSSR count). The summed E-state index contributed by atoms with van der Waals surface area (Å²) in [6, 6.07) is 5.82. The largest absolute Gasteiger partial charge is 0.336 e. The van der Waals surface area contributed by atoms with Gasteiger partial charge in [0.25, 0.3) is 0 Å². The Morgan fingerprint density at radius 3 is 2.70 bits per heavy atom. The predicted octanol–water partition coefficient (Wildman–Crippen LogP) is 1.84. The molecule has 0 fully saturated rings. The second-order valence-electron chi connectivity index (χ2n) is 4.86. The lowest BCUT2D eigenvalue weighted by molar-refractivity contribution is -0.138. The zero-order valence-electron chi connectivity index (χ0n) is 12.2. The van der Waals surface area contributed by atoms with Crippen molar-refractivity contribution >= 4 is 5.91 Å². The number of hydrogen-bond donors (Lipinski definition) is 1. The van der Waals surface area contributed by atoms with Gasteiger partial charge in [-0.3, -0.25) is 9.78 Å². The van der Waals surface area contributed by atoms with Gasteiger partial charge < -0.3 is 10.6 Å². The summed E-state index contributed by atoms with van der Waals surface area (Å²) >= 11 is 0. The number of rotatable bonds is 7. The van der Waals surface area contributed by atoms with Gasteiger partial charge >= 0.3 is 0 Å². The third kappa shape index (κ3) is 4.04. The Balaban J connectivity index is 2.89. The van der Waals surface area contributed by atoms with Gasteiger partial charge in [-0.2, -0.15) is 5.26 Å². The van der Waals surface area contributed by atoms with Crippen molar-refractivity contribution in [3.8, 4) is 6.07 Å². The summed E-state index contributed by atoms with van der Waals surface area (Å²) in [5, 5.41) is 8.75. The Kier molecular flexibility index (Phi) is 6.13. The Bertz CT molecular complexity index is 463. The molecule has 0 aromatic carbocycles. The van der Waals surface area contributed by atoms with E-state index in [0.717, 1.165) is 5.56 Å². The topological polar surface area (TPSA) is 83.0 Å². The van der Waals surface area contributed by atoms with Gasteiger partial charge in [-0.25, -0.2) is 0 Å². The van der Waals surface area contributed by atoms with Crippen molar-refractivity contribution in [2.45, 2.75) is 45.2 Å². The fraction of sp³-hybridized carbons (Fsp3) is 0.533. The number of nitriles is 1. The molecule has 0 aliphatic carbocycles. The third-order valence-electron chi connectivity index (χ3n) is 3.56. The molecule has 1 amide bonds. The molecule has 2 N–H and O–H groups in total. The highest BCUT2D eigenvalue weighted by Gasteiger charge is 2.33. The van der Waals surface area contributed by atoms with Crippen LogP contribution in [-0.4, -0.2) is 27.9 Å². The number of carbonyl (C=O) groups is 1. The average molecular weight is 274 g/mol. The van der Waals surface area contributed by atoms with Gasteiger partial charge in [-0.15, -0.1) is 0 Å². The third-order valence-corrected chi connectivity index (χ3v) is 3.56. The smallest absolute Gasteiger partial charge is 0.242 e. The molecule has 20 heavy (non-hydrogen) atoms. The number of nitrogens with two attached hydrogens (primary N) is 1. The molecular formula is C15H22N4O. The normalized spacial score (nSPS) is 10.9. The van der Waals surface area contributed by atoms with Crippen molar-refractivity contribution in [2.75, 3.05) is 6.54 Å². The molecule has 108 valence electrons. The summed E-state index contributed by atoms with van der Waals surface area (Å²) in [6.45, 7) is 4.65. The van der Waals surface area contributed by atoms with Crippen LogP contribution in [0.5, 0.6) is 0 Å². The summed E-state index contributed by atoms with van der Waals surface area (Å²) in [6.07, 6.45) is 4.88. The minimum atomic E-state index is -0.850. The van der Waals surface area contributed by atoms with Gasteiger partial charge in [-0.1, -0.05) is 19.9 Å². The zero-order chi connectivity index (χ0) is 15.0. The van der Waals surface area contributed by atoms with Crippen LogP contribution < -0.4 is 5.73 Å². The minimum absolute atomic E-state index is 0.0957. The van der Waals surface area contributed by atoms with Gasteiger partial charge in [0, 0.05) is 25.5 Å². The highest BCUT2D eigenvalue weighted by molar-refractivity contribution is 5.86. The molecule has 5 nitrogen and oxygen atoms in total. The first-order chi connectivity index (χ1) is 9.57. The molecule has 0 bridgehead atoms. The highest BCUT2D eigenvalue weighted by atomic mass is 16.2. The summed E-state index contributed by atoms with van der Waals surface area (Å²) in [5.41, 5.74) is 6.27. The average Bonchev–Trinajstić information content (AvgIpc) is 2.50.